The summed E-state index contributed by atoms with van der Waals surface area (Å²) in [4.78, 5) is 4.09. The molecule has 1 aromatic rings. The van der Waals surface area contributed by atoms with Crippen LogP contribution in [0.15, 0.2) is 18.5 Å². The van der Waals surface area contributed by atoms with Crippen molar-refractivity contribution in [2.24, 2.45) is 5.84 Å². The summed E-state index contributed by atoms with van der Waals surface area (Å²) >= 11 is 0. The molecular formula is C12H16N4. The molecule has 1 saturated heterocycles. The third-order valence-electron chi connectivity index (χ3n) is 3.07. The summed E-state index contributed by atoms with van der Waals surface area (Å²) in [5.74, 6) is 6.03. The van der Waals surface area contributed by atoms with E-state index in [0.29, 0.717) is 5.56 Å². The van der Waals surface area contributed by atoms with E-state index in [0.717, 1.165) is 24.9 Å². The van der Waals surface area contributed by atoms with E-state index in [-0.39, 0.29) is 6.04 Å². The number of aromatic nitrogens is 1. The lowest BCUT2D eigenvalue weighted by Crippen LogP contribution is -2.35. The number of rotatable bonds is 1. The van der Waals surface area contributed by atoms with Crippen molar-refractivity contribution in [2.45, 2.75) is 31.7 Å². The van der Waals surface area contributed by atoms with Crippen molar-refractivity contribution >= 4 is 0 Å². The van der Waals surface area contributed by atoms with E-state index in [9.17, 15) is 0 Å². The predicted molar refractivity (Wildman–Crippen MR) is 61.1 cm³/mol. The zero-order chi connectivity index (χ0) is 11.4. The fourth-order valence-corrected chi connectivity index (χ4v) is 2.19. The van der Waals surface area contributed by atoms with E-state index >= 15 is 0 Å². The third kappa shape index (κ3) is 2.38. The first-order valence-corrected chi connectivity index (χ1v) is 5.67. The van der Waals surface area contributed by atoms with Gasteiger partial charge >= 0.3 is 0 Å². The summed E-state index contributed by atoms with van der Waals surface area (Å²) in [6, 6.07) is 4.22. The minimum absolute atomic E-state index is 0.211. The van der Waals surface area contributed by atoms with Crippen LogP contribution in [-0.4, -0.2) is 16.5 Å². The van der Waals surface area contributed by atoms with Crippen LogP contribution in [0.5, 0.6) is 0 Å². The summed E-state index contributed by atoms with van der Waals surface area (Å²) in [5.41, 5.74) is 1.67. The average molecular weight is 216 g/mol. The Morgan fingerprint density at radius 2 is 2.25 bits per heavy atom. The molecule has 16 heavy (non-hydrogen) atoms. The molecule has 2 rings (SSSR count). The average Bonchev–Trinajstić information content (AvgIpc) is 2.54. The van der Waals surface area contributed by atoms with Gasteiger partial charge in [-0.25, -0.2) is 5.01 Å². The molecule has 0 spiro atoms. The van der Waals surface area contributed by atoms with E-state index in [1.807, 2.05) is 17.3 Å². The van der Waals surface area contributed by atoms with Gasteiger partial charge < -0.3 is 0 Å². The Hall–Kier alpha value is -1.44. The number of nitriles is 1. The van der Waals surface area contributed by atoms with Gasteiger partial charge in [0.1, 0.15) is 6.07 Å². The number of pyridine rings is 1. The molecule has 1 fully saturated rings. The van der Waals surface area contributed by atoms with Crippen LogP contribution in [-0.2, 0) is 0 Å². The van der Waals surface area contributed by atoms with Gasteiger partial charge in [0, 0.05) is 18.9 Å². The SMILES string of the molecule is N#Cc1cncc([C@H]2CCCCCN2N)c1. The van der Waals surface area contributed by atoms with Gasteiger partial charge in [-0.1, -0.05) is 12.8 Å². The van der Waals surface area contributed by atoms with E-state index in [1.54, 1.807) is 6.20 Å². The molecule has 2 heterocycles. The number of nitrogens with two attached hydrogens (primary N) is 1. The maximum atomic E-state index is 8.85. The first-order valence-electron chi connectivity index (χ1n) is 5.67. The standard InChI is InChI=1S/C12H16N4/c13-7-10-6-11(9-15-8-10)12-4-2-1-3-5-16(12)14/h6,8-9,12H,1-5,14H2/t12-/m1/s1. The Morgan fingerprint density at radius 1 is 1.38 bits per heavy atom. The summed E-state index contributed by atoms with van der Waals surface area (Å²) in [7, 11) is 0. The summed E-state index contributed by atoms with van der Waals surface area (Å²) < 4.78 is 0. The Labute approximate surface area is 95.7 Å². The molecule has 0 saturated carbocycles. The highest BCUT2D eigenvalue weighted by atomic mass is 15.4. The van der Waals surface area contributed by atoms with Gasteiger partial charge in [0.15, 0.2) is 0 Å². The van der Waals surface area contributed by atoms with Crippen LogP contribution < -0.4 is 5.84 Å². The van der Waals surface area contributed by atoms with Gasteiger partial charge in [-0.15, -0.1) is 0 Å². The highest BCUT2D eigenvalue weighted by molar-refractivity contribution is 5.30. The molecular weight excluding hydrogens is 200 g/mol. The molecule has 4 heteroatoms. The molecule has 0 aromatic carbocycles. The van der Waals surface area contributed by atoms with Crippen molar-refractivity contribution in [3.8, 4) is 6.07 Å². The normalized spacial score (nSPS) is 22.4. The second-order valence-corrected chi connectivity index (χ2v) is 4.22. The highest BCUT2D eigenvalue weighted by Crippen LogP contribution is 2.27. The van der Waals surface area contributed by atoms with Crippen molar-refractivity contribution in [2.75, 3.05) is 6.54 Å². The Kier molecular flexibility index (Phi) is 3.50. The minimum Gasteiger partial charge on any atom is -0.268 e. The molecule has 1 aromatic heterocycles. The van der Waals surface area contributed by atoms with E-state index in [2.05, 4.69) is 11.1 Å². The lowest BCUT2D eigenvalue weighted by molar-refractivity contribution is 0.206. The largest absolute Gasteiger partial charge is 0.268 e. The quantitative estimate of drug-likeness (QED) is 0.726. The summed E-state index contributed by atoms with van der Waals surface area (Å²) in [6.07, 6.45) is 8.02. The number of hydrogen-bond acceptors (Lipinski definition) is 4. The summed E-state index contributed by atoms with van der Waals surface area (Å²) in [5, 5.41) is 10.7. The van der Waals surface area contributed by atoms with Crippen molar-refractivity contribution < 1.29 is 0 Å². The highest BCUT2D eigenvalue weighted by Gasteiger charge is 2.20. The molecule has 2 N–H and O–H groups in total. The molecule has 1 aliphatic rings. The molecule has 4 nitrogen and oxygen atoms in total. The number of hydrazine groups is 1. The lowest BCUT2D eigenvalue weighted by atomic mass is 10.0. The topological polar surface area (TPSA) is 65.9 Å². The van der Waals surface area contributed by atoms with Crippen LogP contribution in [0.25, 0.3) is 0 Å². The molecule has 0 aliphatic carbocycles. The second-order valence-electron chi connectivity index (χ2n) is 4.22. The first-order chi connectivity index (χ1) is 7.81. The Morgan fingerprint density at radius 3 is 3.06 bits per heavy atom. The van der Waals surface area contributed by atoms with Gasteiger partial charge in [-0.05, 0) is 24.5 Å². The van der Waals surface area contributed by atoms with Crippen LogP contribution in [0.3, 0.4) is 0 Å². The monoisotopic (exact) mass is 216 g/mol. The van der Waals surface area contributed by atoms with Gasteiger partial charge in [0.2, 0.25) is 0 Å². The van der Waals surface area contributed by atoms with Crippen molar-refractivity contribution in [3.63, 3.8) is 0 Å². The van der Waals surface area contributed by atoms with Gasteiger partial charge in [0.05, 0.1) is 11.6 Å². The minimum atomic E-state index is 0.211. The molecule has 84 valence electrons. The first kappa shape index (κ1) is 11.1. The van der Waals surface area contributed by atoms with Crippen molar-refractivity contribution in [1.29, 1.82) is 5.26 Å². The van der Waals surface area contributed by atoms with Crippen LogP contribution in [0.2, 0.25) is 0 Å². The smallest absolute Gasteiger partial charge is 0.101 e. The molecule has 0 bridgehead atoms. The van der Waals surface area contributed by atoms with Crippen LogP contribution in [0, 0.1) is 11.3 Å². The maximum Gasteiger partial charge on any atom is 0.101 e. The second kappa shape index (κ2) is 5.06. The molecule has 1 aliphatic heterocycles. The lowest BCUT2D eigenvalue weighted by Gasteiger charge is -2.25. The molecule has 0 radical (unpaired) electrons. The third-order valence-corrected chi connectivity index (χ3v) is 3.07. The zero-order valence-electron chi connectivity index (χ0n) is 9.26. The number of nitrogens with zero attached hydrogens (tertiary/aromatic N) is 3. The van der Waals surface area contributed by atoms with Crippen molar-refractivity contribution in [3.05, 3.63) is 29.6 Å². The van der Waals surface area contributed by atoms with Crippen LogP contribution >= 0.6 is 0 Å². The molecule has 0 amide bonds. The fourth-order valence-electron chi connectivity index (χ4n) is 2.19. The fraction of sp³-hybridized carbons (Fsp3) is 0.500. The molecule has 1 atom stereocenters. The maximum absolute atomic E-state index is 8.85. The van der Waals surface area contributed by atoms with E-state index in [1.165, 1.54) is 12.8 Å². The molecule has 0 unspecified atom stereocenters. The van der Waals surface area contributed by atoms with E-state index < -0.39 is 0 Å². The Balaban J connectivity index is 2.24. The van der Waals surface area contributed by atoms with Gasteiger partial charge in [0.25, 0.3) is 0 Å². The Bertz CT molecular complexity index is 396. The van der Waals surface area contributed by atoms with Crippen LogP contribution in [0.4, 0.5) is 0 Å². The summed E-state index contributed by atoms with van der Waals surface area (Å²) in [6.45, 7) is 0.918. The van der Waals surface area contributed by atoms with E-state index in [4.69, 9.17) is 11.1 Å². The predicted octanol–water partition coefficient (Wildman–Crippen LogP) is 1.74. The van der Waals surface area contributed by atoms with Crippen LogP contribution in [0.1, 0.15) is 42.9 Å². The van der Waals surface area contributed by atoms with Gasteiger partial charge in [-0.2, -0.15) is 5.26 Å². The number of hydrogen-bond donors (Lipinski definition) is 1. The van der Waals surface area contributed by atoms with Crippen molar-refractivity contribution in [1.82, 2.24) is 9.99 Å². The zero-order valence-corrected chi connectivity index (χ0v) is 9.26. The van der Waals surface area contributed by atoms with Gasteiger partial charge in [-0.3, -0.25) is 10.8 Å².